The first kappa shape index (κ1) is 15.3. The van der Waals surface area contributed by atoms with Gasteiger partial charge in [0.15, 0.2) is 0 Å². The SMILES string of the molecule is O=C(NC1CCCCCC1Br)c1ccc(Br)cc1Cl. The van der Waals surface area contributed by atoms with E-state index in [-0.39, 0.29) is 11.9 Å². The Balaban J connectivity index is 2.07. The lowest BCUT2D eigenvalue weighted by Crippen LogP contribution is -2.40. The van der Waals surface area contributed by atoms with Crippen molar-refractivity contribution in [1.82, 2.24) is 5.32 Å². The van der Waals surface area contributed by atoms with Gasteiger partial charge in [-0.25, -0.2) is 0 Å². The minimum absolute atomic E-state index is 0.0890. The number of hydrogen-bond acceptors (Lipinski definition) is 1. The predicted octanol–water partition coefficient (Wildman–Crippen LogP) is 4.93. The normalized spacial score (nSPS) is 23.7. The molecule has 0 aliphatic heterocycles. The molecule has 2 unspecified atom stereocenters. The van der Waals surface area contributed by atoms with Gasteiger partial charge in [0.1, 0.15) is 0 Å². The summed E-state index contributed by atoms with van der Waals surface area (Å²) < 4.78 is 0.877. The maximum Gasteiger partial charge on any atom is 0.253 e. The van der Waals surface area contributed by atoms with Crippen LogP contribution >= 0.6 is 43.5 Å². The summed E-state index contributed by atoms with van der Waals surface area (Å²) in [5, 5.41) is 3.58. The number of alkyl halides is 1. The Bertz CT molecular complexity index is 467. The second-order valence-electron chi connectivity index (χ2n) is 4.86. The van der Waals surface area contributed by atoms with Crippen molar-refractivity contribution in [3.05, 3.63) is 33.3 Å². The Morgan fingerprint density at radius 2 is 2.00 bits per heavy atom. The van der Waals surface area contributed by atoms with Gasteiger partial charge in [-0.2, -0.15) is 0 Å². The lowest BCUT2D eigenvalue weighted by Gasteiger charge is -2.21. The number of carbonyl (C=O) groups excluding carboxylic acids is 1. The van der Waals surface area contributed by atoms with E-state index in [9.17, 15) is 4.79 Å². The highest BCUT2D eigenvalue weighted by Crippen LogP contribution is 2.25. The van der Waals surface area contributed by atoms with Crippen LogP contribution in [-0.2, 0) is 0 Å². The summed E-state index contributed by atoms with van der Waals surface area (Å²) in [7, 11) is 0. The Morgan fingerprint density at radius 1 is 1.26 bits per heavy atom. The van der Waals surface area contributed by atoms with E-state index in [4.69, 9.17) is 11.6 Å². The van der Waals surface area contributed by atoms with Gasteiger partial charge in [0.05, 0.1) is 10.6 Å². The molecule has 104 valence electrons. The zero-order chi connectivity index (χ0) is 13.8. The molecule has 1 aromatic rings. The largest absolute Gasteiger partial charge is 0.348 e. The van der Waals surface area contributed by atoms with Crippen molar-refractivity contribution in [2.24, 2.45) is 0 Å². The molecule has 2 rings (SSSR count). The molecule has 0 spiro atoms. The highest BCUT2D eigenvalue weighted by Gasteiger charge is 2.24. The fraction of sp³-hybridized carbons (Fsp3) is 0.500. The number of carbonyl (C=O) groups is 1. The third kappa shape index (κ3) is 4.20. The first-order valence-electron chi connectivity index (χ1n) is 6.48. The van der Waals surface area contributed by atoms with E-state index >= 15 is 0 Å². The molecule has 2 atom stereocenters. The zero-order valence-electron chi connectivity index (χ0n) is 10.5. The average Bonchev–Trinajstić information content (AvgIpc) is 2.55. The molecule has 1 fully saturated rings. The molecule has 1 N–H and O–H groups in total. The smallest absolute Gasteiger partial charge is 0.253 e. The lowest BCUT2D eigenvalue weighted by atomic mass is 10.1. The van der Waals surface area contributed by atoms with Crippen molar-refractivity contribution in [3.8, 4) is 0 Å². The van der Waals surface area contributed by atoms with Crippen LogP contribution in [0.5, 0.6) is 0 Å². The number of nitrogens with one attached hydrogen (secondary N) is 1. The molecule has 0 bridgehead atoms. The first-order chi connectivity index (χ1) is 9.08. The van der Waals surface area contributed by atoms with Gasteiger partial charge in [-0.05, 0) is 31.0 Å². The molecule has 1 saturated carbocycles. The standard InChI is InChI=1S/C14H16Br2ClNO/c15-9-6-7-10(12(17)8-9)14(19)18-13-5-3-1-2-4-11(13)16/h6-8,11,13H,1-5H2,(H,18,19). The fourth-order valence-electron chi connectivity index (χ4n) is 2.34. The third-order valence-corrected chi connectivity index (χ3v) is 5.33. The second kappa shape index (κ2) is 7.09. The van der Waals surface area contributed by atoms with E-state index in [1.54, 1.807) is 12.1 Å². The summed E-state index contributed by atoms with van der Waals surface area (Å²) in [5.41, 5.74) is 0.536. The topological polar surface area (TPSA) is 29.1 Å². The van der Waals surface area contributed by atoms with Gasteiger partial charge in [0.2, 0.25) is 0 Å². The van der Waals surface area contributed by atoms with Crippen molar-refractivity contribution in [2.45, 2.75) is 43.0 Å². The van der Waals surface area contributed by atoms with E-state index in [1.165, 1.54) is 19.3 Å². The quantitative estimate of drug-likeness (QED) is 0.545. The van der Waals surface area contributed by atoms with Gasteiger partial charge >= 0.3 is 0 Å². The Labute approximate surface area is 135 Å². The van der Waals surface area contributed by atoms with Crippen molar-refractivity contribution >= 4 is 49.4 Å². The maximum absolute atomic E-state index is 12.3. The van der Waals surface area contributed by atoms with Crippen LogP contribution < -0.4 is 5.32 Å². The van der Waals surface area contributed by atoms with E-state index in [1.807, 2.05) is 6.07 Å². The minimum Gasteiger partial charge on any atom is -0.348 e. The maximum atomic E-state index is 12.3. The molecule has 1 aliphatic carbocycles. The molecular formula is C14H16Br2ClNO. The average molecular weight is 410 g/mol. The highest BCUT2D eigenvalue weighted by atomic mass is 79.9. The lowest BCUT2D eigenvalue weighted by molar-refractivity contribution is 0.0935. The molecule has 1 aliphatic rings. The van der Waals surface area contributed by atoms with E-state index in [2.05, 4.69) is 37.2 Å². The summed E-state index contributed by atoms with van der Waals surface area (Å²) in [4.78, 5) is 12.6. The van der Waals surface area contributed by atoms with Crippen molar-refractivity contribution in [1.29, 1.82) is 0 Å². The van der Waals surface area contributed by atoms with Crippen molar-refractivity contribution < 1.29 is 4.79 Å². The molecule has 2 nitrogen and oxygen atoms in total. The molecular weight excluding hydrogens is 393 g/mol. The van der Waals surface area contributed by atoms with Gasteiger partial charge in [0.25, 0.3) is 5.91 Å². The molecule has 0 radical (unpaired) electrons. The van der Waals surface area contributed by atoms with Crippen LogP contribution in [0.15, 0.2) is 22.7 Å². The predicted molar refractivity (Wildman–Crippen MR) is 86.2 cm³/mol. The third-order valence-electron chi connectivity index (χ3n) is 3.42. The van der Waals surface area contributed by atoms with Crippen LogP contribution in [0.25, 0.3) is 0 Å². The number of amides is 1. The summed E-state index contributed by atoms with van der Waals surface area (Å²) in [6.07, 6.45) is 5.77. The summed E-state index contributed by atoms with van der Waals surface area (Å²) in [5.74, 6) is -0.0890. The number of hydrogen-bond donors (Lipinski definition) is 1. The molecule has 5 heteroatoms. The minimum atomic E-state index is -0.0890. The molecule has 0 aromatic heterocycles. The Morgan fingerprint density at radius 3 is 2.74 bits per heavy atom. The van der Waals surface area contributed by atoms with Crippen LogP contribution in [0.3, 0.4) is 0 Å². The summed E-state index contributed by atoms with van der Waals surface area (Å²) >= 11 is 13.1. The summed E-state index contributed by atoms with van der Waals surface area (Å²) in [6, 6.07) is 5.52. The summed E-state index contributed by atoms with van der Waals surface area (Å²) in [6.45, 7) is 0. The molecule has 0 heterocycles. The monoisotopic (exact) mass is 407 g/mol. The Kier molecular flexibility index (Phi) is 5.72. The van der Waals surface area contributed by atoms with Gasteiger partial charge in [-0.15, -0.1) is 0 Å². The van der Waals surface area contributed by atoms with Gasteiger partial charge < -0.3 is 5.32 Å². The molecule has 1 aromatic carbocycles. The highest BCUT2D eigenvalue weighted by molar-refractivity contribution is 9.10. The van der Waals surface area contributed by atoms with Crippen LogP contribution in [-0.4, -0.2) is 16.8 Å². The van der Waals surface area contributed by atoms with Gasteiger partial charge in [0, 0.05) is 15.3 Å². The van der Waals surface area contributed by atoms with Crippen LogP contribution in [0.4, 0.5) is 0 Å². The zero-order valence-corrected chi connectivity index (χ0v) is 14.4. The molecule has 1 amide bonds. The number of rotatable bonds is 2. The van der Waals surface area contributed by atoms with Crippen molar-refractivity contribution in [2.75, 3.05) is 0 Å². The van der Waals surface area contributed by atoms with E-state index in [0.717, 1.165) is 17.3 Å². The van der Waals surface area contributed by atoms with Crippen LogP contribution in [0.1, 0.15) is 42.5 Å². The van der Waals surface area contributed by atoms with E-state index in [0.29, 0.717) is 15.4 Å². The first-order valence-corrected chi connectivity index (χ1v) is 8.56. The fourth-order valence-corrected chi connectivity index (χ4v) is 3.82. The number of halogens is 3. The molecule has 0 saturated heterocycles. The van der Waals surface area contributed by atoms with E-state index < -0.39 is 0 Å². The van der Waals surface area contributed by atoms with Crippen LogP contribution in [0, 0.1) is 0 Å². The van der Waals surface area contributed by atoms with Gasteiger partial charge in [-0.1, -0.05) is 62.7 Å². The van der Waals surface area contributed by atoms with Crippen molar-refractivity contribution in [3.63, 3.8) is 0 Å². The Hall–Kier alpha value is -0.0600. The molecule has 19 heavy (non-hydrogen) atoms. The van der Waals surface area contributed by atoms with Crippen LogP contribution in [0.2, 0.25) is 5.02 Å². The number of benzene rings is 1. The van der Waals surface area contributed by atoms with Gasteiger partial charge in [-0.3, -0.25) is 4.79 Å². The second-order valence-corrected chi connectivity index (χ2v) is 7.36.